The van der Waals surface area contributed by atoms with Gasteiger partial charge in [-0.1, -0.05) is 31.2 Å². The van der Waals surface area contributed by atoms with Crippen molar-refractivity contribution < 1.29 is 32.2 Å². The number of halogens is 3. The summed E-state index contributed by atoms with van der Waals surface area (Å²) in [5, 5.41) is 2.91. The number of carbonyl (C=O) groups excluding carboxylic acids is 1. The molecule has 0 aliphatic rings. The minimum absolute atomic E-state index is 0.0963. The van der Waals surface area contributed by atoms with Gasteiger partial charge in [-0.25, -0.2) is 0 Å². The van der Waals surface area contributed by atoms with E-state index in [2.05, 4.69) is 10.1 Å². The second-order valence-electron chi connectivity index (χ2n) is 6.44. The van der Waals surface area contributed by atoms with Crippen molar-refractivity contribution in [2.24, 2.45) is 0 Å². The van der Waals surface area contributed by atoms with Crippen molar-refractivity contribution in [2.45, 2.75) is 25.7 Å². The van der Waals surface area contributed by atoms with Gasteiger partial charge in [0.15, 0.2) is 0 Å². The van der Waals surface area contributed by atoms with E-state index in [-0.39, 0.29) is 17.7 Å². The first-order valence-corrected chi connectivity index (χ1v) is 9.27. The first-order valence-electron chi connectivity index (χ1n) is 9.27. The fourth-order valence-electron chi connectivity index (χ4n) is 2.70. The largest absolute Gasteiger partial charge is 0.573 e. The molecule has 1 N–H and O–H groups in total. The van der Waals surface area contributed by atoms with Crippen LogP contribution in [0.25, 0.3) is 12.2 Å². The summed E-state index contributed by atoms with van der Waals surface area (Å²) in [5.41, 5.74) is 1.77. The van der Waals surface area contributed by atoms with Gasteiger partial charge in [0.25, 0.3) is 5.91 Å². The first-order chi connectivity index (χ1) is 14.3. The molecular weight excluding hydrogens is 399 g/mol. The molecule has 2 rings (SSSR count). The molecule has 1 amide bonds. The highest BCUT2D eigenvalue weighted by Crippen LogP contribution is 2.25. The van der Waals surface area contributed by atoms with Crippen LogP contribution in [-0.2, 0) is 4.74 Å². The summed E-state index contributed by atoms with van der Waals surface area (Å²) >= 11 is 0. The van der Waals surface area contributed by atoms with Crippen LogP contribution in [-0.4, -0.2) is 39.1 Å². The zero-order valence-electron chi connectivity index (χ0n) is 17.0. The molecule has 2 aromatic carbocycles. The second kappa shape index (κ2) is 10.7. The summed E-state index contributed by atoms with van der Waals surface area (Å²) in [6.07, 6.45) is -0.569. The molecule has 0 saturated carbocycles. The predicted molar refractivity (Wildman–Crippen MR) is 108 cm³/mol. The number of carbonyl (C=O) groups is 1. The number of nitrogens with one attached hydrogen (secondary N) is 1. The van der Waals surface area contributed by atoms with Crippen LogP contribution in [0.3, 0.4) is 0 Å². The molecule has 2 aromatic rings. The highest BCUT2D eigenvalue weighted by atomic mass is 19.4. The minimum atomic E-state index is -4.73. The van der Waals surface area contributed by atoms with Crippen LogP contribution >= 0.6 is 0 Å². The van der Waals surface area contributed by atoms with Gasteiger partial charge >= 0.3 is 6.36 Å². The molecule has 162 valence electrons. The molecular formula is C22H24F3NO4. The van der Waals surface area contributed by atoms with E-state index < -0.39 is 6.36 Å². The quantitative estimate of drug-likeness (QED) is 0.582. The van der Waals surface area contributed by atoms with E-state index in [1.54, 1.807) is 37.5 Å². The average Bonchev–Trinajstić information content (AvgIpc) is 2.71. The smallest absolute Gasteiger partial charge is 0.496 e. The van der Waals surface area contributed by atoms with Crippen molar-refractivity contribution in [3.63, 3.8) is 0 Å². The van der Waals surface area contributed by atoms with Gasteiger partial charge in [-0.3, -0.25) is 4.79 Å². The maximum absolute atomic E-state index is 12.5. The summed E-state index contributed by atoms with van der Waals surface area (Å²) in [5.74, 6) is 0.0334. The highest BCUT2D eigenvalue weighted by molar-refractivity contribution is 5.95. The number of methoxy groups -OCH3 is 2. The maximum Gasteiger partial charge on any atom is 0.573 e. The van der Waals surface area contributed by atoms with Crippen LogP contribution in [0, 0.1) is 0 Å². The van der Waals surface area contributed by atoms with Crippen molar-refractivity contribution >= 4 is 18.1 Å². The summed E-state index contributed by atoms with van der Waals surface area (Å²) in [6, 6.07) is 10.4. The van der Waals surface area contributed by atoms with Crippen molar-refractivity contribution in [1.29, 1.82) is 0 Å². The summed E-state index contributed by atoms with van der Waals surface area (Å²) < 4.78 is 51.0. The van der Waals surface area contributed by atoms with E-state index in [9.17, 15) is 18.0 Å². The van der Waals surface area contributed by atoms with Crippen LogP contribution < -0.4 is 14.8 Å². The van der Waals surface area contributed by atoms with Gasteiger partial charge in [-0.2, -0.15) is 0 Å². The molecule has 0 saturated heterocycles. The van der Waals surface area contributed by atoms with Crippen LogP contribution in [0.5, 0.6) is 11.5 Å². The molecule has 0 heterocycles. The Kier molecular flexibility index (Phi) is 8.29. The predicted octanol–water partition coefficient (Wildman–Crippen LogP) is 4.92. The van der Waals surface area contributed by atoms with Gasteiger partial charge in [0, 0.05) is 18.2 Å². The van der Waals surface area contributed by atoms with E-state index in [1.165, 1.54) is 31.4 Å². The fraction of sp³-hybridized carbons (Fsp3) is 0.318. The van der Waals surface area contributed by atoms with Crippen molar-refractivity contribution in [2.75, 3.05) is 20.8 Å². The molecule has 8 heteroatoms. The number of hydrogen-bond donors (Lipinski definition) is 1. The number of ether oxygens (including phenoxy) is 3. The number of amides is 1. The minimum Gasteiger partial charge on any atom is -0.496 e. The van der Waals surface area contributed by atoms with Crippen LogP contribution in [0.2, 0.25) is 0 Å². The average molecular weight is 423 g/mol. The fourth-order valence-corrected chi connectivity index (χ4v) is 2.70. The van der Waals surface area contributed by atoms with E-state index in [1.807, 2.05) is 6.92 Å². The number of alkyl halides is 3. The zero-order chi connectivity index (χ0) is 22.1. The molecule has 5 nitrogen and oxygen atoms in total. The summed E-state index contributed by atoms with van der Waals surface area (Å²) in [7, 11) is 3.09. The lowest BCUT2D eigenvalue weighted by atomic mass is 10.1. The number of benzene rings is 2. The summed E-state index contributed by atoms with van der Waals surface area (Å²) in [4.78, 5) is 12.5. The molecule has 0 bridgehead atoms. The van der Waals surface area contributed by atoms with Crippen LogP contribution in [0.4, 0.5) is 13.2 Å². The topological polar surface area (TPSA) is 56.8 Å². The van der Waals surface area contributed by atoms with E-state index >= 15 is 0 Å². The number of hydrogen-bond acceptors (Lipinski definition) is 4. The second-order valence-corrected chi connectivity index (χ2v) is 6.44. The SMILES string of the molecule is CCC(COC)NC(=O)c1ccc(OC)c(/C=C/c2ccc(OC(F)(F)F)cc2)c1. The Morgan fingerprint density at radius 2 is 1.80 bits per heavy atom. The zero-order valence-corrected chi connectivity index (χ0v) is 17.0. The molecule has 1 unspecified atom stereocenters. The molecule has 0 aliphatic carbocycles. The molecule has 30 heavy (non-hydrogen) atoms. The van der Waals surface area contributed by atoms with Crippen molar-refractivity contribution in [3.05, 3.63) is 59.2 Å². The molecule has 0 spiro atoms. The third-order valence-corrected chi connectivity index (χ3v) is 4.26. The Morgan fingerprint density at radius 1 is 1.10 bits per heavy atom. The highest BCUT2D eigenvalue weighted by Gasteiger charge is 2.30. The standard InChI is InChI=1S/C22H24F3NO4/c1-4-18(14-28-2)26-21(27)17-9-12-20(29-3)16(13-17)8-5-15-6-10-19(11-7-15)30-22(23,24)25/h5-13,18H,4,14H2,1-3H3,(H,26,27)/b8-5+. The monoisotopic (exact) mass is 423 g/mol. The number of rotatable bonds is 9. The van der Waals surface area contributed by atoms with Crippen LogP contribution in [0.15, 0.2) is 42.5 Å². The maximum atomic E-state index is 12.5. The van der Waals surface area contributed by atoms with E-state index in [0.29, 0.717) is 29.0 Å². The molecule has 0 aromatic heterocycles. The third-order valence-electron chi connectivity index (χ3n) is 4.26. The van der Waals surface area contributed by atoms with Crippen molar-refractivity contribution in [3.8, 4) is 11.5 Å². The van der Waals surface area contributed by atoms with Gasteiger partial charge in [-0.15, -0.1) is 13.2 Å². The Bertz CT molecular complexity index is 864. The summed E-state index contributed by atoms with van der Waals surface area (Å²) in [6.45, 7) is 2.37. The molecule has 0 aliphatic heterocycles. The lowest BCUT2D eigenvalue weighted by molar-refractivity contribution is -0.274. The lowest BCUT2D eigenvalue weighted by Gasteiger charge is -2.16. The van der Waals surface area contributed by atoms with Crippen LogP contribution in [0.1, 0.15) is 34.8 Å². The third kappa shape index (κ3) is 7.11. The Labute approximate surface area is 173 Å². The van der Waals surface area contributed by atoms with Gasteiger partial charge < -0.3 is 19.5 Å². The van der Waals surface area contributed by atoms with E-state index in [0.717, 1.165) is 6.42 Å². The van der Waals surface area contributed by atoms with Crippen molar-refractivity contribution in [1.82, 2.24) is 5.32 Å². The molecule has 0 radical (unpaired) electrons. The van der Waals surface area contributed by atoms with Gasteiger partial charge in [0.2, 0.25) is 0 Å². The molecule has 0 fully saturated rings. The Balaban J connectivity index is 2.18. The van der Waals surface area contributed by atoms with Gasteiger partial charge in [-0.05, 0) is 42.3 Å². The normalized spacial score (nSPS) is 12.6. The van der Waals surface area contributed by atoms with Gasteiger partial charge in [0.1, 0.15) is 11.5 Å². The Morgan fingerprint density at radius 3 is 2.37 bits per heavy atom. The first kappa shape index (κ1) is 23.3. The van der Waals surface area contributed by atoms with E-state index in [4.69, 9.17) is 9.47 Å². The van der Waals surface area contributed by atoms with Gasteiger partial charge in [0.05, 0.1) is 19.8 Å². The lowest BCUT2D eigenvalue weighted by Crippen LogP contribution is -2.37. The molecule has 1 atom stereocenters. The Hall–Kier alpha value is -3.00.